The molecule has 0 saturated heterocycles. The maximum Gasteiger partial charge on any atom is 0.355 e. The highest BCUT2D eigenvalue weighted by atomic mass is 32.2. The van der Waals surface area contributed by atoms with Crippen LogP contribution in [0.1, 0.15) is 15.9 Å². The van der Waals surface area contributed by atoms with Gasteiger partial charge in [-0.1, -0.05) is 0 Å². The number of benzene rings is 5. The van der Waals surface area contributed by atoms with Crippen LogP contribution in [-0.2, 0) is 50.1 Å². The molecule has 1 heterocycles. The summed E-state index contributed by atoms with van der Waals surface area (Å²) in [6.45, 7) is 1.46. The van der Waals surface area contributed by atoms with Crippen molar-refractivity contribution in [3.8, 4) is 11.5 Å². The molecule has 0 bridgehead atoms. The number of phenolic OH excluding ortho intramolecular Hbond substituents is 1. The van der Waals surface area contributed by atoms with E-state index in [1.54, 1.807) is 0 Å². The first-order valence-electron chi connectivity index (χ1n) is 17.4. The highest BCUT2D eigenvalue weighted by molar-refractivity contribution is 7.87. The summed E-state index contributed by atoms with van der Waals surface area (Å²) < 4.78 is 141. The minimum Gasteiger partial charge on any atom is -0.505 e. The molecule has 27 nitrogen and oxygen atoms in total. The Morgan fingerprint density at radius 3 is 1.80 bits per heavy atom. The molecule has 0 aliphatic carbocycles. The van der Waals surface area contributed by atoms with E-state index in [0.717, 1.165) is 55.6 Å². The van der Waals surface area contributed by atoms with Crippen molar-refractivity contribution in [2.45, 2.75) is 32.5 Å². The number of methoxy groups -OCH3 is 1. The molecule has 1 atom stereocenters. The highest BCUT2D eigenvalue weighted by Crippen LogP contribution is 2.46. The number of azo groups is 3. The summed E-state index contributed by atoms with van der Waals surface area (Å²) in [5.41, 5.74) is -3.90. The van der Waals surface area contributed by atoms with Crippen molar-refractivity contribution in [1.82, 2.24) is 0 Å². The van der Waals surface area contributed by atoms with Crippen LogP contribution in [-0.4, -0.2) is 104 Å². The first-order chi connectivity index (χ1) is 30.6. The van der Waals surface area contributed by atoms with Gasteiger partial charge in [-0.25, -0.2) is 9.59 Å². The third-order valence-corrected chi connectivity index (χ3v) is 12.5. The number of hydrogen-bond donors (Lipinski definition) is 7. The lowest BCUT2D eigenvalue weighted by molar-refractivity contribution is -0.130. The first kappa shape index (κ1) is 47.9. The zero-order valence-electron chi connectivity index (χ0n) is 32.7. The fraction of sp³-hybridized carbons (Fsp3) is 0.0857. The maximum atomic E-state index is 13.3. The van der Waals surface area contributed by atoms with Crippen molar-refractivity contribution in [2.75, 3.05) is 12.1 Å². The molecule has 0 aromatic heterocycles. The molecular weight excluding hydrogens is 965 g/mol. The molecule has 5 aromatic rings. The number of carbonyl (C=O) groups is 3. The number of ether oxygens (including phenoxy) is 1. The Labute approximate surface area is 369 Å². The van der Waals surface area contributed by atoms with Gasteiger partial charge in [0.1, 0.15) is 38.3 Å². The number of aryl methyl sites for hydroxylation is 1. The summed E-state index contributed by atoms with van der Waals surface area (Å²) in [5, 5.41) is 56.1. The number of hydrazone groups is 1. The van der Waals surface area contributed by atoms with Gasteiger partial charge in [0, 0.05) is 16.8 Å². The summed E-state index contributed by atoms with van der Waals surface area (Å²) in [4.78, 5) is 33.3. The lowest BCUT2D eigenvalue weighted by Gasteiger charge is -2.13. The quantitative estimate of drug-likeness (QED) is 0.0546. The Bertz CT molecular complexity index is 3520. The largest absolute Gasteiger partial charge is 0.505 e. The van der Waals surface area contributed by atoms with Gasteiger partial charge in [-0.05, 0) is 79.2 Å². The number of phenols is 1. The van der Waals surface area contributed by atoms with Crippen LogP contribution in [0.25, 0.3) is 10.8 Å². The summed E-state index contributed by atoms with van der Waals surface area (Å²) in [6.07, 6.45) is 0. The normalized spacial score (nSPS) is 15.1. The van der Waals surface area contributed by atoms with E-state index in [2.05, 4.69) is 35.8 Å². The Hall–Kier alpha value is -7.52. The van der Waals surface area contributed by atoms with E-state index < -0.39 is 123 Å². The predicted molar refractivity (Wildman–Crippen MR) is 222 cm³/mol. The maximum absolute atomic E-state index is 13.3. The molecule has 7 N–H and O–H groups in total. The molecule has 1 aliphatic heterocycles. The number of carboxylic acids is 2. The number of hydrogen-bond acceptors (Lipinski definition) is 20. The van der Waals surface area contributed by atoms with Crippen LogP contribution in [0.4, 0.5) is 34.1 Å². The summed E-state index contributed by atoms with van der Waals surface area (Å²) in [6, 6.07) is 8.78. The van der Waals surface area contributed by atoms with E-state index in [1.165, 1.54) is 19.1 Å². The Kier molecular flexibility index (Phi) is 12.7. The van der Waals surface area contributed by atoms with Gasteiger partial charge in [-0.15, -0.1) is 15.3 Å². The van der Waals surface area contributed by atoms with Crippen molar-refractivity contribution >= 4 is 109 Å². The predicted octanol–water partition coefficient (Wildman–Crippen LogP) is 5.32. The van der Waals surface area contributed by atoms with E-state index >= 15 is 0 Å². The standard InChI is InChI=1S/C35H26N8O19S4/c1-15-11-25(26(62-2)14-24(15)38-36-22-9-7-18(64(53,54)55)12-21(22)34(46)47)39-40-28-27(65(56,57)58)13-20-19(31(28)44)8-10-23(32(20)66(59,60)61)37-41-29-30(35(48)49)42-43(33(29)45)16-3-5-17(6-4-16)63(50,51)52/h3-14,29,44H,1-2H3,(H,46,47)(H,48,49)(H,50,51,52)(H,53,54,55)(H,56,57,58)(H,59,60,61)/b38-36+,40-39+,41-37+. The van der Waals surface area contributed by atoms with E-state index in [0.29, 0.717) is 17.1 Å². The third kappa shape index (κ3) is 9.76. The van der Waals surface area contributed by atoms with Crippen LogP contribution in [0, 0.1) is 6.92 Å². The van der Waals surface area contributed by atoms with Crippen LogP contribution < -0.4 is 9.75 Å². The van der Waals surface area contributed by atoms with Crippen molar-refractivity contribution in [2.24, 2.45) is 35.8 Å². The van der Waals surface area contributed by atoms with Gasteiger partial charge in [-0.2, -0.15) is 59.1 Å². The zero-order valence-corrected chi connectivity index (χ0v) is 36.0. The van der Waals surface area contributed by atoms with Crippen LogP contribution in [0.5, 0.6) is 11.5 Å². The fourth-order valence-corrected chi connectivity index (χ4v) is 8.41. The molecule has 0 spiro atoms. The average Bonchev–Trinajstić information content (AvgIpc) is 3.56. The SMILES string of the molecule is COc1cc(/N=N/c2ccc(S(=O)(=O)O)cc2C(=O)O)c(C)cc1/N=N/c1c(S(=O)(=O)O)cc2c(S(=O)(=O)O)c(/N=N/C3C(=O)N(c4ccc(S(=O)(=O)O)cc4)N=C3C(=O)O)ccc2c1O. The van der Waals surface area contributed by atoms with E-state index in [9.17, 15) is 81.6 Å². The number of amides is 1. The lowest BCUT2D eigenvalue weighted by atomic mass is 10.1. The second-order valence-electron chi connectivity index (χ2n) is 13.2. The number of aromatic hydroxyl groups is 1. The molecule has 1 aliphatic rings. The number of aromatic carboxylic acids is 1. The topological polar surface area (TPSA) is 428 Å². The summed E-state index contributed by atoms with van der Waals surface area (Å²) >= 11 is 0. The minimum atomic E-state index is -5.52. The van der Waals surface area contributed by atoms with Gasteiger partial charge in [0.05, 0.1) is 33.8 Å². The monoisotopic (exact) mass is 990 g/mol. The van der Waals surface area contributed by atoms with Gasteiger partial charge in [0.15, 0.2) is 11.5 Å². The van der Waals surface area contributed by atoms with Crippen molar-refractivity contribution in [1.29, 1.82) is 0 Å². The smallest absolute Gasteiger partial charge is 0.355 e. The van der Waals surface area contributed by atoms with E-state index in [1.807, 2.05) is 0 Å². The molecule has 5 aromatic carbocycles. The third-order valence-electron chi connectivity index (χ3n) is 9.00. The van der Waals surface area contributed by atoms with Gasteiger partial charge < -0.3 is 20.1 Å². The molecule has 0 fully saturated rings. The zero-order chi connectivity index (χ0) is 48.8. The van der Waals surface area contributed by atoms with Crippen LogP contribution in [0.2, 0.25) is 0 Å². The lowest BCUT2D eigenvalue weighted by Crippen LogP contribution is -2.33. The second-order valence-corrected chi connectivity index (χ2v) is 18.8. The van der Waals surface area contributed by atoms with Gasteiger partial charge >= 0.3 is 11.9 Å². The molecule has 6 rings (SSSR count). The van der Waals surface area contributed by atoms with Crippen LogP contribution >= 0.6 is 0 Å². The average molecular weight is 991 g/mol. The molecule has 1 amide bonds. The molecule has 344 valence electrons. The molecule has 0 saturated carbocycles. The number of carbonyl (C=O) groups excluding carboxylic acids is 1. The first-order valence-corrected chi connectivity index (χ1v) is 23.2. The summed E-state index contributed by atoms with van der Waals surface area (Å²) in [7, 11) is -19.3. The van der Waals surface area contributed by atoms with Crippen LogP contribution in [0.3, 0.4) is 0 Å². The highest BCUT2D eigenvalue weighted by Gasteiger charge is 2.41. The number of nitrogens with zero attached hydrogens (tertiary/aromatic N) is 8. The number of carboxylic acid groups (broad SMARTS) is 2. The second kappa shape index (κ2) is 17.5. The molecule has 66 heavy (non-hydrogen) atoms. The minimum absolute atomic E-state index is 0.0213. The number of anilines is 1. The number of fused-ring (bicyclic) bond motifs is 1. The van der Waals surface area contributed by atoms with Gasteiger partial charge in [-0.3, -0.25) is 23.0 Å². The number of aliphatic carboxylic acids is 1. The fourth-order valence-electron chi connectivity index (χ4n) is 5.95. The van der Waals surface area contributed by atoms with Crippen molar-refractivity contribution < 1.29 is 86.3 Å². The van der Waals surface area contributed by atoms with Crippen molar-refractivity contribution in [3.63, 3.8) is 0 Å². The Balaban J connectivity index is 1.40. The Morgan fingerprint density at radius 2 is 1.24 bits per heavy atom. The molecular formula is C35H26N8O19S4. The molecule has 31 heteroatoms. The Morgan fingerprint density at radius 1 is 0.652 bits per heavy atom. The summed E-state index contributed by atoms with van der Waals surface area (Å²) in [5.74, 6) is -5.92. The van der Waals surface area contributed by atoms with E-state index in [4.69, 9.17) is 4.74 Å². The van der Waals surface area contributed by atoms with Gasteiger partial charge in [0.25, 0.3) is 46.4 Å². The van der Waals surface area contributed by atoms with Crippen molar-refractivity contribution in [3.05, 3.63) is 83.9 Å². The number of rotatable bonds is 14. The van der Waals surface area contributed by atoms with Crippen LogP contribution in [0.15, 0.2) is 128 Å². The van der Waals surface area contributed by atoms with Gasteiger partial charge in [0.2, 0.25) is 6.04 Å². The molecule has 1 unspecified atom stereocenters. The molecule has 0 radical (unpaired) electrons. The van der Waals surface area contributed by atoms with E-state index in [-0.39, 0.29) is 34.1 Å².